The number of hydrogen-bond acceptors (Lipinski definition) is 4. The molecular formula is C21H23N3O3S. The second-order valence-electron chi connectivity index (χ2n) is 7.58. The van der Waals surface area contributed by atoms with E-state index in [0.717, 1.165) is 36.9 Å². The highest BCUT2D eigenvalue weighted by Crippen LogP contribution is 2.43. The highest BCUT2D eigenvalue weighted by Gasteiger charge is 2.42. The second kappa shape index (κ2) is 6.90. The summed E-state index contributed by atoms with van der Waals surface area (Å²) in [5, 5.41) is 2.15. The third-order valence-corrected chi connectivity index (χ3v) is 7.08. The summed E-state index contributed by atoms with van der Waals surface area (Å²) in [4.78, 5) is 31.2. The van der Waals surface area contributed by atoms with Crippen molar-refractivity contribution in [1.82, 2.24) is 14.5 Å². The van der Waals surface area contributed by atoms with E-state index in [0.29, 0.717) is 26.1 Å². The number of piperidine rings is 1. The number of aryl methyl sites for hydroxylation is 1. The molecular weight excluding hydrogens is 374 g/mol. The van der Waals surface area contributed by atoms with Crippen molar-refractivity contribution in [2.45, 2.75) is 37.8 Å². The summed E-state index contributed by atoms with van der Waals surface area (Å²) < 4.78 is 7.87. The first kappa shape index (κ1) is 17.7. The van der Waals surface area contributed by atoms with Crippen LogP contribution in [0.5, 0.6) is 0 Å². The first-order valence-electron chi connectivity index (χ1n) is 9.82. The molecule has 3 aromatic rings. The predicted molar refractivity (Wildman–Crippen MR) is 109 cm³/mol. The Labute approximate surface area is 166 Å². The molecule has 1 fully saturated rings. The minimum atomic E-state index is -0.210. The minimum absolute atomic E-state index is 0.105. The van der Waals surface area contributed by atoms with Crippen molar-refractivity contribution >= 4 is 28.3 Å². The van der Waals surface area contributed by atoms with E-state index in [9.17, 15) is 9.59 Å². The van der Waals surface area contributed by atoms with Gasteiger partial charge in [-0.1, -0.05) is 12.1 Å². The molecule has 28 heavy (non-hydrogen) atoms. The third kappa shape index (κ3) is 2.89. The van der Waals surface area contributed by atoms with E-state index in [1.54, 1.807) is 4.57 Å². The van der Waals surface area contributed by atoms with Crippen molar-refractivity contribution in [3.8, 4) is 0 Å². The quantitative estimate of drug-likeness (QED) is 0.739. The monoisotopic (exact) mass is 397 g/mol. The highest BCUT2D eigenvalue weighted by atomic mass is 32.1. The van der Waals surface area contributed by atoms with Crippen LogP contribution in [-0.2, 0) is 28.1 Å². The standard InChI is InChI=1S/C21H23N3O3S/c25-19(5-10-24-17-4-2-1-3-16(17)22-20(24)26)23-11-8-21(9-12-23)15-7-14-28-18(15)6-13-27-21/h1-4,7,14H,5-6,8-13H2,(H,22,26). The van der Waals surface area contributed by atoms with E-state index in [1.807, 2.05) is 40.5 Å². The largest absolute Gasteiger partial charge is 0.370 e. The Kier molecular flexibility index (Phi) is 4.36. The molecule has 1 saturated heterocycles. The lowest BCUT2D eigenvalue weighted by molar-refractivity contribution is -0.140. The van der Waals surface area contributed by atoms with E-state index in [2.05, 4.69) is 16.4 Å². The van der Waals surface area contributed by atoms with Crippen LogP contribution < -0.4 is 5.69 Å². The van der Waals surface area contributed by atoms with Crippen LogP contribution in [0.4, 0.5) is 0 Å². The number of benzene rings is 1. The summed E-state index contributed by atoms with van der Waals surface area (Å²) in [6.45, 7) is 2.58. The van der Waals surface area contributed by atoms with Gasteiger partial charge < -0.3 is 14.6 Å². The van der Waals surface area contributed by atoms with Crippen LogP contribution in [0, 0.1) is 0 Å². The number of nitrogens with zero attached hydrogens (tertiary/aromatic N) is 2. The summed E-state index contributed by atoms with van der Waals surface area (Å²) in [5.41, 5.74) is 2.62. The lowest BCUT2D eigenvalue weighted by Crippen LogP contribution is -2.48. The number of para-hydroxylation sites is 2. The minimum Gasteiger partial charge on any atom is -0.370 e. The van der Waals surface area contributed by atoms with Gasteiger partial charge in [-0.3, -0.25) is 9.36 Å². The van der Waals surface area contributed by atoms with Gasteiger partial charge in [0.05, 0.1) is 23.2 Å². The average molecular weight is 398 g/mol. The first-order valence-corrected chi connectivity index (χ1v) is 10.7. The number of likely N-dealkylation sites (tertiary alicyclic amines) is 1. The molecule has 2 aliphatic rings. The number of aromatic nitrogens is 2. The van der Waals surface area contributed by atoms with Crippen molar-refractivity contribution < 1.29 is 9.53 Å². The molecule has 146 valence electrons. The zero-order valence-electron chi connectivity index (χ0n) is 15.6. The zero-order chi connectivity index (χ0) is 19.1. The topological polar surface area (TPSA) is 67.3 Å². The number of amides is 1. The average Bonchev–Trinajstić information content (AvgIpc) is 3.32. The first-order chi connectivity index (χ1) is 13.7. The second-order valence-corrected chi connectivity index (χ2v) is 8.58. The molecule has 0 saturated carbocycles. The molecule has 0 unspecified atom stereocenters. The summed E-state index contributed by atoms with van der Waals surface area (Å²) >= 11 is 1.81. The Morgan fingerprint density at radius 1 is 1.21 bits per heavy atom. The normalized spacial score (nSPS) is 18.5. The van der Waals surface area contributed by atoms with Crippen molar-refractivity contribution in [1.29, 1.82) is 0 Å². The Hall–Kier alpha value is -2.38. The van der Waals surface area contributed by atoms with Crippen molar-refractivity contribution in [2.24, 2.45) is 0 Å². The summed E-state index contributed by atoms with van der Waals surface area (Å²) in [6, 6.07) is 9.77. The number of nitrogens with one attached hydrogen (secondary N) is 1. The predicted octanol–water partition coefficient (Wildman–Crippen LogP) is 2.87. The van der Waals surface area contributed by atoms with E-state index >= 15 is 0 Å². The van der Waals surface area contributed by atoms with Gasteiger partial charge in [0.1, 0.15) is 0 Å². The van der Waals surface area contributed by atoms with Gasteiger partial charge in [-0.15, -0.1) is 11.3 Å². The van der Waals surface area contributed by atoms with Crippen molar-refractivity contribution in [3.05, 3.63) is 56.6 Å². The van der Waals surface area contributed by atoms with E-state index in [4.69, 9.17) is 4.74 Å². The Morgan fingerprint density at radius 2 is 2.04 bits per heavy atom. The molecule has 1 spiro atoms. The highest BCUT2D eigenvalue weighted by molar-refractivity contribution is 7.10. The zero-order valence-corrected chi connectivity index (χ0v) is 16.5. The number of aromatic amines is 1. The third-order valence-electron chi connectivity index (χ3n) is 6.10. The number of thiophene rings is 1. The van der Waals surface area contributed by atoms with Gasteiger partial charge in [-0.2, -0.15) is 0 Å². The number of ether oxygens (including phenoxy) is 1. The lowest BCUT2D eigenvalue weighted by Gasteiger charge is -2.44. The van der Waals surface area contributed by atoms with Crippen LogP contribution in [-0.4, -0.2) is 40.1 Å². The molecule has 1 amide bonds. The molecule has 0 bridgehead atoms. The summed E-state index contributed by atoms with van der Waals surface area (Å²) in [6.07, 6.45) is 3.01. The lowest BCUT2D eigenvalue weighted by atomic mass is 9.82. The smallest absolute Gasteiger partial charge is 0.326 e. The SMILES string of the molecule is O=C(CCn1c(=O)[nH]c2ccccc21)N1CCC2(CC1)OCCc1sccc12. The van der Waals surface area contributed by atoms with Crippen LogP contribution >= 0.6 is 11.3 Å². The fraction of sp³-hybridized carbons (Fsp3) is 0.429. The molecule has 0 radical (unpaired) electrons. The number of fused-ring (bicyclic) bond motifs is 3. The maximum absolute atomic E-state index is 12.8. The van der Waals surface area contributed by atoms with Crippen LogP contribution in [0.3, 0.4) is 0 Å². The molecule has 5 rings (SSSR count). The number of H-pyrrole nitrogens is 1. The van der Waals surface area contributed by atoms with Gasteiger partial charge in [0, 0.05) is 37.4 Å². The van der Waals surface area contributed by atoms with Gasteiger partial charge in [-0.25, -0.2) is 4.79 Å². The fourth-order valence-electron chi connectivity index (χ4n) is 4.58. The molecule has 1 N–H and O–H groups in total. The number of carbonyl (C=O) groups is 1. The van der Waals surface area contributed by atoms with Gasteiger partial charge in [0.15, 0.2) is 0 Å². The summed E-state index contributed by atoms with van der Waals surface area (Å²) in [7, 11) is 0. The molecule has 4 heterocycles. The molecule has 6 nitrogen and oxygen atoms in total. The van der Waals surface area contributed by atoms with E-state index in [-0.39, 0.29) is 17.2 Å². The number of rotatable bonds is 3. The van der Waals surface area contributed by atoms with Crippen molar-refractivity contribution in [3.63, 3.8) is 0 Å². The fourth-order valence-corrected chi connectivity index (χ4v) is 5.53. The molecule has 2 aliphatic heterocycles. The molecule has 1 aromatic carbocycles. The Morgan fingerprint density at radius 3 is 2.89 bits per heavy atom. The summed E-state index contributed by atoms with van der Waals surface area (Å²) in [5.74, 6) is 0.105. The maximum atomic E-state index is 12.8. The Bertz CT molecular complexity index is 1070. The van der Waals surface area contributed by atoms with Crippen LogP contribution in [0.2, 0.25) is 0 Å². The van der Waals surface area contributed by atoms with Crippen LogP contribution in [0.25, 0.3) is 11.0 Å². The van der Waals surface area contributed by atoms with Crippen LogP contribution in [0.15, 0.2) is 40.5 Å². The molecule has 7 heteroatoms. The van der Waals surface area contributed by atoms with E-state index < -0.39 is 0 Å². The number of hydrogen-bond donors (Lipinski definition) is 1. The molecule has 2 aromatic heterocycles. The van der Waals surface area contributed by atoms with Gasteiger partial charge in [0.2, 0.25) is 5.91 Å². The van der Waals surface area contributed by atoms with Crippen LogP contribution in [0.1, 0.15) is 29.7 Å². The van der Waals surface area contributed by atoms with Gasteiger partial charge in [0.25, 0.3) is 0 Å². The molecule has 0 atom stereocenters. The molecule has 0 aliphatic carbocycles. The van der Waals surface area contributed by atoms with Gasteiger partial charge in [-0.05, 0) is 42.0 Å². The Balaban J connectivity index is 1.25. The number of imidazole rings is 1. The van der Waals surface area contributed by atoms with E-state index in [1.165, 1.54) is 10.4 Å². The maximum Gasteiger partial charge on any atom is 0.326 e. The van der Waals surface area contributed by atoms with Crippen molar-refractivity contribution in [2.75, 3.05) is 19.7 Å². The number of carbonyl (C=O) groups excluding carboxylic acids is 1. The van der Waals surface area contributed by atoms with Gasteiger partial charge >= 0.3 is 5.69 Å².